The van der Waals surface area contributed by atoms with Gasteiger partial charge in [0.1, 0.15) is 28.1 Å². The first kappa shape index (κ1) is 22.7. The van der Waals surface area contributed by atoms with E-state index in [4.69, 9.17) is 33.0 Å². The molecule has 2 amide bonds. The van der Waals surface area contributed by atoms with Crippen molar-refractivity contribution >= 4 is 57.8 Å². The van der Waals surface area contributed by atoms with Crippen molar-refractivity contribution < 1.29 is 18.7 Å². The Hall–Kier alpha value is -3.07. The van der Waals surface area contributed by atoms with Gasteiger partial charge in [-0.2, -0.15) is 0 Å². The van der Waals surface area contributed by atoms with Crippen molar-refractivity contribution in [3.8, 4) is 17.1 Å². The molecule has 172 valence electrons. The highest BCUT2D eigenvalue weighted by atomic mass is 35.5. The molecule has 1 fully saturated rings. The van der Waals surface area contributed by atoms with Gasteiger partial charge in [0.2, 0.25) is 5.91 Å². The third-order valence-corrected chi connectivity index (χ3v) is 7.17. The Morgan fingerprint density at radius 1 is 1.21 bits per heavy atom. The topological polar surface area (TPSA) is 71.8 Å². The summed E-state index contributed by atoms with van der Waals surface area (Å²) in [4.78, 5) is 27.1. The average molecular weight is 511 g/mol. The molecule has 3 aromatic rings. The summed E-state index contributed by atoms with van der Waals surface area (Å²) in [5.41, 5.74) is 2.89. The van der Waals surface area contributed by atoms with Crippen molar-refractivity contribution in [3.05, 3.63) is 81.4 Å². The molecule has 9 heteroatoms. The first-order chi connectivity index (χ1) is 16.5. The number of thiocarbonyl (C=S) groups is 1. The summed E-state index contributed by atoms with van der Waals surface area (Å²) in [5, 5.41) is 3.43. The lowest BCUT2D eigenvalue weighted by molar-refractivity contribution is -0.128. The summed E-state index contributed by atoms with van der Waals surface area (Å²) in [7, 11) is 0. The molecule has 5 rings (SSSR count). The summed E-state index contributed by atoms with van der Waals surface area (Å²) in [5.74, 6) is 1.39. The zero-order valence-electron chi connectivity index (χ0n) is 17.9. The number of halogens is 1. The van der Waals surface area contributed by atoms with Crippen LogP contribution in [0.1, 0.15) is 16.9 Å². The smallest absolute Gasteiger partial charge is 0.266 e. The molecule has 0 aliphatic carbocycles. The first-order valence-electron chi connectivity index (χ1n) is 10.6. The number of rotatable bonds is 6. The summed E-state index contributed by atoms with van der Waals surface area (Å²) in [6.45, 7) is 0.916. The number of nitrogens with one attached hydrogen (secondary N) is 1. The monoisotopic (exact) mass is 510 g/mol. The predicted octanol–water partition coefficient (Wildman–Crippen LogP) is 5.05. The maximum atomic E-state index is 12.9. The molecule has 0 atom stereocenters. The van der Waals surface area contributed by atoms with Crippen LogP contribution in [0.4, 0.5) is 0 Å². The molecule has 2 aliphatic heterocycles. The largest absolute Gasteiger partial charge is 0.493 e. The van der Waals surface area contributed by atoms with Crippen molar-refractivity contribution in [2.24, 2.45) is 0 Å². The molecule has 3 heterocycles. The fourth-order valence-corrected chi connectivity index (χ4v) is 5.22. The van der Waals surface area contributed by atoms with Crippen LogP contribution in [0.25, 0.3) is 17.4 Å². The first-order valence-corrected chi connectivity index (χ1v) is 12.2. The van der Waals surface area contributed by atoms with E-state index in [1.807, 2.05) is 36.4 Å². The Labute approximate surface area is 210 Å². The predicted molar refractivity (Wildman–Crippen MR) is 137 cm³/mol. The molecule has 2 aromatic carbocycles. The van der Waals surface area contributed by atoms with Crippen LogP contribution >= 0.6 is 35.6 Å². The number of nitrogens with zero attached hydrogens (tertiary/aromatic N) is 1. The SMILES string of the molecule is O=C(CN1C(=O)/C(=C/c2ccc(-c3ccccc3Cl)o2)SC1=S)NCc1ccc2c(c1)CCO2. The lowest BCUT2D eigenvalue weighted by Crippen LogP contribution is -2.39. The van der Waals surface area contributed by atoms with E-state index in [0.717, 1.165) is 40.6 Å². The van der Waals surface area contributed by atoms with Gasteiger partial charge in [-0.25, -0.2) is 0 Å². The van der Waals surface area contributed by atoms with Crippen molar-refractivity contribution in [1.29, 1.82) is 0 Å². The molecule has 1 N–H and O–H groups in total. The van der Waals surface area contributed by atoms with Crippen molar-refractivity contribution in [1.82, 2.24) is 10.2 Å². The minimum Gasteiger partial charge on any atom is -0.493 e. The van der Waals surface area contributed by atoms with Gasteiger partial charge in [-0.15, -0.1) is 0 Å². The minimum absolute atomic E-state index is 0.140. The molecule has 2 aliphatic rings. The van der Waals surface area contributed by atoms with Gasteiger partial charge in [-0.05, 0) is 41.5 Å². The highest BCUT2D eigenvalue weighted by molar-refractivity contribution is 8.26. The molecule has 0 radical (unpaired) electrons. The van der Waals surface area contributed by atoms with Crippen molar-refractivity contribution in [2.45, 2.75) is 13.0 Å². The Kier molecular flexibility index (Phi) is 6.45. The van der Waals surface area contributed by atoms with E-state index in [0.29, 0.717) is 38.9 Å². The van der Waals surface area contributed by atoms with Gasteiger partial charge < -0.3 is 14.5 Å². The Bertz CT molecular complexity index is 1330. The van der Waals surface area contributed by atoms with Gasteiger partial charge in [0, 0.05) is 24.6 Å². The third-order valence-electron chi connectivity index (χ3n) is 5.46. The van der Waals surface area contributed by atoms with E-state index in [1.165, 1.54) is 4.90 Å². The fraction of sp³-hybridized carbons (Fsp3) is 0.160. The second-order valence-corrected chi connectivity index (χ2v) is 9.85. The zero-order chi connectivity index (χ0) is 23.7. The van der Waals surface area contributed by atoms with Gasteiger partial charge in [0.15, 0.2) is 0 Å². The van der Waals surface area contributed by atoms with Gasteiger partial charge in [0.05, 0.1) is 16.5 Å². The van der Waals surface area contributed by atoms with Crippen molar-refractivity contribution in [3.63, 3.8) is 0 Å². The Morgan fingerprint density at radius 2 is 2.06 bits per heavy atom. The molecule has 0 saturated carbocycles. The maximum absolute atomic E-state index is 12.9. The highest BCUT2D eigenvalue weighted by Crippen LogP contribution is 2.34. The van der Waals surface area contributed by atoms with Crippen LogP contribution in [0.2, 0.25) is 5.02 Å². The van der Waals surface area contributed by atoms with Crippen LogP contribution in [0.15, 0.2) is 63.9 Å². The van der Waals surface area contributed by atoms with E-state index < -0.39 is 0 Å². The number of furan rings is 1. The van der Waals surface area contributed by atoms with Crippen LogP contribution in [-0.2, 0) is 22.6 Å². The maximum Gasteiger partial charge on any atom is 0.266 e. The lowest BCUT2D eigenvalue weighted by Gasteiger charge is -2.14. The molecule has 0 unspecified atom stereocenters. The number of hydrogen-bond donors (Lipinski definition) is 1. The fourth-order valence-electron chi connectivity index (χ4n) is 3.75. The number of thioether (sulfide) groups is 1. The average Bonchev–Trinajstić information content (AvgIpc) is 3.54. The zero-order valence-corrected chi connectivity index (χ0v) is 20.3. The van der Waals surface area contributed by atoms with Crippen LogP contribution < -0.4 is 10.1 Å². The van der Waals surface area contributed by atoms with Gasteiger partial charge in [0.25, 0.3) is 5.91 Å². The number of ether oxygens (including phenoxy) is 1. The van der Waals surface area contributed by atoms with E-state index >= 15 is 0 Å². The molecular weight excluding hydrogens is 492 g/mol. The second-order valence-electron chi connectivity index (χ2n) is 7.77. The van der Waals surface area contributed by atoms with Crippen LogP contribution in [-0.4, -0.2) is 34.2 Å². The number of hydrogen-bond acceptors (Lipinski definition) is 6. The summed E-state index contributed by atoms with van der Waals surface area (Å²) >= 11 is 12.7. The molecule has 0 spiro atoms. The number of amides is 2. The molecule has 1 saturated heterocycles. The van der Waals surface area contributed by atoms with Gasteiger partial charge in [-0.3, -0.25) is 14.5 Å². The van der Waals surface area contributed by atoms with Crippen LogP contribution in [0, 0.1) is 0 Å². The summed E-state index contributed by atoms with van der Waals surface area (Å²) < 4.78 is 11.7. The Morgan fingerprint density at radius 3 is 2.91 bits per heavy atom. The molecule has 6 nitrogen and oxygen atoms in total. The number of carbonyl (C=O) groups is 2. The van der Waals surface area contributed by atoms with E-state index in [1.54, 1.807) is 24.3 Å². The van der Waals surface area contributed by atoms with E-state index in [9.17, 15) is 9.59 Å². The molecule has 34 heavy (non-hydrogen) atoms. The Balaban J connectivity index is 1.21. The molecular formula is C25H19ClN2O4S2. The van der Waals surface area contributed by atoms with E-state index in [-0.39, 0.29) is 18.4 Å². The standard InChI is InChI=1S/C25H19ClN2O4S2/c26-19-4-2-1-3-18(19)21-8-6-17(32-21)12-22-24(30)28(25(33)34-22)14-23(29)27-13-15-5-7-20-16(11-15)9-10-31-20/h1-8,11-12H,9-10,13-14H2,(H,27,29)/b22-12-. The second kappa shape index (κ2) is 9.66. The van der Waals surface area contributed by atoms with Crippen LogP contribution in [0.5, 0.6) is 5.75 Å². The lowest BCUT2D eigenvalue weighted by atomic mass is 10.1. The summed E-state index contributed by atoms with van der Waals surface area (Å²) in [6, 6.07) is 16.8. The minimum atomic E-state index is -0.324. The van der Waals surface area contributed by atoms with Crippen LogP contribution in [0.3, 0.4) is 0 Å². The van der Waals surface area contributed by atoms with Crippen molar-refractivity contribution in [2.75, 3.05) is 13.2 Å². The normalized spacial score (nSPS) is 16.1. The number of carbonyl (C=O) groups excluding carboxylic acids is 2. The molecule has 0 bridgehead atoms. The van der Waals surface area contributed by atoms with Gasteiger partial charge >= 0.3 is 0 Å². The quantitative estimate of drug-likeness (QED) is 0.369. The third kappa shape index (κ3) is 4.75. The van der Waals surface area contributed by atoms with Gasteiger partial charge in [-0.1, -0.05) is 59.8 Å². The highest BCUT2D eigenvalue weighted by Gasteiger charge is 2.33. The summed E-state index contributed by atoms with van der Waals surface area (Å²) in [6.07, 6.45) is 2.50. The number of fused-ring (bicyclic) bond motifs is 1. The molecule has 1 aromatic heterocycles. The number of benzene rings is 2. The van der Waals surface area contributed by atoms with E-state index in [2.05, 4.69) is 5.32 Å².